The van der Waals surface area contributed by atoms with Gasteiger partial charge in [0.15, 0.2) is 11.6 Å². The van der Waals surface area contributed by atoms with E-state index in [1.54, 1.807) is 0 Å². The van der Waals surface area contributed by atoms with Crippen LogP contribution in [-0.4, -0.2) is 6.54 Å². The molecule has 2 rings (SSSR count). The quantitative estimate of drug-likeness (QED) is 0.855. The molecule has 0 aliphatic heterocycles. The van der Waals surface area contributed by atoms with Crippen molar-refractivity contribution in [1.29, 1.82) is 0 Å². The zero-order valence-electron chi connectivity index (χ0n) is 9.79. The lowest BCUT2D eigenvalue weighted by Gasteiger charge is -2.10. The standard InChI is InChI=1S/C15H13F2N/c1-11(12-6-3-2-4-7-12)10-18-14-9-5-8-13(16)15(14)17/h2-9,18H,1,10H2. The monoisotopic (exact) mass is 245 g/mol. The van der Waals surface area contributed by atoms with Gasteiger partial charge >= 0.3 is 0 Å². The van der Waals surface area contributed by atoms with E-state index in [0.717, 1.165) is 17.2 Å². The minimum atomic E-state index is -0.863. The largest absolute Gasteiger partial charge is 0.379 e. The van der Waals surface area contributed by atoms with Crippen LogP contribution in [0.2, 0.25) is 0 Å². The summed E-state index contributed by atoms with van der Waals surface area (Å²) >= 11 is 0. The second-order valence-electron chi connectivity index (χ2n) is 3.92. The highest BCUT2D eigenvalue weighted by Crippen LogP contribution is 2.18. The van der Waals surface area contributed by atoms with Crippen molar-refractivity contribution in [3.8, 4) is 0 Å². The zero-order chi connectivity index (χ0) is 13.0. The highest BCUT2D eigenvalue weighted by molar-refractivity contribution is 5.67. The second kappa shape index (κ2) is 5.45. The molecule has 2 aromatic rings. The maximum Gasteiger partial charge on any atom is 0.181 e. The highest BCUT2D eigenvalue weighted by atomic mass is 19.2. The van der Waals surface area contributed by atoms with Gasteiger partial charge in [0.25, 0.3) is 0 Å². The van der Waals surface area contributed by atoms with Gasteiger partial charge in [-0.05, 0) is 23.3 Å². The van der Waals surface area contributed by atoms with Crippen LogP contribution in [0.5, 0.6) is 0 Å². The van der Waals surface area contributed by atoms with Crippen LogP contribution in [0.4, 0.5) is 14.5 Å². The Hall–Kier alpha value is -2.16. The van der Waals surface area contributed by atoms with Crippen LogP contribution in [0.3, 0.4) is 0 Å². The van der Waals surface area contributed by atoms with Gasteiger partial charge in [-0.1, -0.05) is 43.0 Å². The third-order valence-corrected chi connectivity index (χ3v) is 2.63. The molecule has 18 heavy (non-hydrogen) atoms. The minimum Gasteiger partial charge on any atom is -0.379 e. The summed E-state index contributed by atoms with van der Waals surface area (Å²) in [5.41, 5.74) is 1.94. The van der Waals surface area contributed by atoms with Gasteiger partial charge in [0.1, 0.15) is 0 Å². The van der Waals surface area contributed by atoms with Crippen molar-refractivity contribution in [2.75, 3.05) is 11.9 Å². The van der Waals surface area contributed by atoms with E-state index in [4.69, 9.17) is 0 Å². The molecule has 0 heterocycles. The molecule has 1 N–H and O–H groups in total. The van der Waals surface area contributed by atoms with Crippen molar-refractivity contribution in [3.63, 3.8) is 0 Å². The Morgan fingerprint density at radius 2 is 1.72 bits per heavy atom. The Kier molecular flexibility index (Phi) is 3.72. The van der Waals surface area contributed by atoms with E-state index in [-0.39, 0.29) is 5.69 Å². The molecule has 2 aromatic carbocycles. The second-order valence-corrected chi connectivity index (χ2v) is 3.92. The summed E-state index contributed by atoms with van der Waals surface area (Å²) in [4.78, 5) is 0. The summed E-state index contributed by atoms with van der Waals surface area (Å²) in [6, 6.07) is 13.6. The fourth-order valence-corrected chi connectivity index (χ4v) is 1.62. The maximum absolute atomic E-state index is 13.4. The summed E-state index contributed by atoms with van der Waals surface area (Å²) < 4.78 is 26.4. The molecule has 0 bridgehead atoms. The SMILES string of the molecule is C=C(CNc1cccc(F)c1F)c1ccccc1. The molecule has 92 valence electrons. The van der Waals surface area contributed by atoms with Crippen LogP contribution in [-0.2, 0) is 0 Å². The van der Waals surface area contributed by atoms with Crippen molar-refractivity contribution in [2.24, 2.45) is 0 Å². The van der Waals surface area contributed by atoms with Gasteiger partial charge in [0.2, 0.25) is 0 Å². The maximum atomic E-state index is 13.4. The van der Waals surface area contributed by atoms with E-state index in [1.165, 1.54) is 12.1 Å². The topological polar surface area (TPSA) is 12.0 Å². The molecule has 1 nitrogen and oxygen atoms in total. The molecule has 0 spiro atoms. The first-order chi connectivity index (χ1) is 8.68. The van der Waals surface area contributed by atoms with Crippen LogP contribution < -0.4 is 5.32 Å². The van der Waals surface area contributed by atoms with Gasteiger partial charge in [-0.15, -0.1) is 0 Å². The number of anilines is 1. The molecule has 0 saturated heterocycles. The Morgan fingerprint density at radius 3 is 2.44 bits per heavy atom. The van der Waals surface area contributed by atoms with Crippen molar-refractivity contribution in [2.45, 2.75) is 0 Å². The van der Waals surface area contributed by atoms with Crippen molar-refractivity contribution < 1.29 is 8.78 Å². The van der Waals surface area contributed by atoms with Crippen LogP contribution in [0.25, 0.3) is 5.57 Å². The average Bonchev–Trinajstić information content (AvgIpc) is 2.41. The first-order valence-corrected chi connectivity index (χ1v) is 5.59. The fourth-order valence-electron chi connectivity index (χ4n) is 1.62. The van der Waals surface area contributed by atoms with E-state index in [2.05, 4.69) is 11.9 Å². The molecule has 0 aliphatic carbocycles. The number of rotatable bonds is 4. The van der Waals surface area contributed by atoms with Crippen molar-refractivity contribution in [1.82, 2.24) is 0 Å². The van der Waals surface area contributed by atoms with Gasteiger partial charge in [-0.25, -0.2) is 8.78 Å². The molecular weight excluding hydrogens is 232 g/mol. The molecule has 0 aromatic heterocycles. The Morgan fingerprint density at radius 1 is 1.00 bits per heavy atom. The lowest BCUT2D eigenvalue weighted by atomic mass is 10.1. The van der Waals surface area contributed by atoms with Gasteiger partial charge in [-0.3, -0.25) is 0 Å². The molecule has 0 unspecified atom stereocenters. The van der Waals surface area contributed by atoms with Crippen LogP contribution in [0.1, 0.15) is 5.56 Å². The Labute approximate surface area is 105 Å². The third-order valence-electron chi connectivity index (χ3n) is 2.63. The molecule has 0 saturated carbocycles. The zero-order valence-corrected chi connectivity index (χ0v) is 9.79. The van der Waals surface area contributed by atoms with Crippen molar-refractivity contribution >= 4 is 11.3 Å². The van der Waals surface area contributed by atoms with Crippen molar-refractivity contribution in [3.05, 3.63) is 72.3 Å². The number of halogens is 2. The number of benzene rings is 2. The minimum absolute atomic E-state index is 0.145. The highest BCUT2D eigenvalue weighted by Gasteiger charge is 2.07. The summed E-state index contributed by atoms with van der Waals surface area (Å²) in [6.07, 6.45) is 0. The predicted octanol–water partition coefficient (Wildman–Crippen LogP) is 4.09. The molecule has 3 heteroatoms. The van der Waals surface area contributed by atoms with Crippen LogP contribution in [0, 0.1) is 11.6 Å². The Balaban J connectivity index is 2.04. The van der Waals surface area contributed by atoms with Crippen LogP contribution >= 0.6 is 0 Å². The van der Waals surface area contributed by atoms with Gasteiger partial charge in [0.05, 0.1) is 5.69 Å². The fraction of sp³-hybridized carbons (Fsp3) is 0.0667. The molecule has 0 radical (unpaired) electrons. The third kappa shape index (κ3) is 2.74. The molecular formula is C15H13F2N. The van der Waals surface area contributed by atoms with E-state index in [9.17, 15) is 8.78 Å². The molecule has 0 fully saturated rings. The van der Waals surface area contributed by atoms with E-state index < -0.39 is 11.6 Å². The summed E-state index contributed by atoms with van der Waals surface area (Å²) in [7, 11) is 0. The number of hydrogen-bond donors (Lipinski definition) is 1. The lowest BCUT2D eigenvalue weighted by molar-refractivity contribution is 0.511. The first-order valence-electron chi connectivity index (χ1n) is 5.59. The predicted molar refractivity (Wildman–Crippen MR) is 70.3 cm³/mol. The molecule has 0 aliphatic rings. The molecule has 0 atom stereocenters. The number of nitrogens with one attached hydrogen (secondary N) is 1. The van der Waals surface area contributed by atoms with Crippen LogP contribution in [0.15, 0.2) is 55.1 Å². The smallest absolute Gasteiger partial charge is 0.181 e. The first kappa shape index (κ1) is 12.3. The number of hydrogen-bond acceptors (Lipinski definition) is 1. The van der Waals surface area contributed by atoms with E-state index >= 15 is 0 Å². The normalized spacial score (nSPS) is 10.1. The summed E-state index contributed by atoms with van der Waals surface area (Å²) in [6.45, 7) is 4.28. The van der Waals surface area contributed by atoms with Gasteiger partial charge in [-0.2, -0.15) is 0 Å². The molecule has 0 amide bonds. The summed E-state index contributed by atoms with van der Waals surface area (Å²) in [5, 5.41) is 2.84. The lowest BCUT2D eigenvalue weighted by Crippen LogP contribution is -2.05. The van der Waals surface area contributed by atoms with E-state index in [0.29, 0.717) is 6.54 Å². The average molecular weight is 245 g/mol. The van der Waals surface area contributed by atoms with Gasteiger partial charge < -0.3 is 5.32 Å². The van der Waals surface area contributed by atoms with Gasteiger partial charge in [0, 0.05) is 6.54 Å². The van der Waals surface area contributed by atoms with E-state index in [1.807, 2.05) is 30.3 Å². The summed E-state index contributed by atoms with van der Waals surface area (Å²) in [5.74, 6) is -1.72. The Bertz CT molecular complexity index is 550.